The minimum atomic E-state index is 0.0702. The van der Waals surface area contributed by atoms with E-state index in [0.29, 0.717) is 6.54 Å². The summed E-state index contributed by atoms with van der Waals surface area (Å²) in [6.07, 6.45) is 11.1. The molecule has 0 unspecified atom stereocenters. The summed E-state index contributed by atoms with van der Waals surface area (Å²) in [4.78, 5) is 23.3. The van der Waals surface area contributed by atoms with Crippen LogP contribution in [0.2, 0.25) is 0 Å². The van der Waals surface area contributed by atoms with Crippen molar-refractivity contribution in [1.29, 1.82) is 0 Å². The second-order valence-corrected chi connectivity index (χ2v) is 8.31. The van der Waals surface area contributed by atoms with E-state index in [2.05, 4.69) is 22.3 Å². The minimum Gasteiger partial charge on any atom is -0.337 e. The van der Waals surface area contributed by atoms with E-state index < -0.39 is 0 Å². The maximum Gasteiger partial charge on any atom is 0.254 e. The second-order valence-electron chi connectivity index (χ2n) is 8.31. The van der Waals surface area contributed by atoms with Crippen LogP contribution in [0.15, 0.2) is 36.8 Å². The Hall–Kier alpha value is -3.02. The van der Waals surface area contributed by atoms with Gasteiger partial charge in [-0.15, -0.1) is 0 Å². The molecular formula is C23H25N5O. The first-order valence-electron chi connectivity index (χ1n) is 10.3. The summed E-state index contributed by atoms with van der Waals surface area (Å²) < 4.78 is 2.05. The van der Waals surface area contributed by atoms with Gasteiger partial charge in [0.1, 0.15) is 5.82 Å². The Morgan fingerprint density at radius 3 is 2.76 bits per heavy atom. The summed E-state index contributed by atoms with van der Waals surface area (Å²) in [6, 6.07) is 6.08. The zero-order valence-corrected chi connectivity index (χ0v) is 16.9. The van der Waals surface area contributed by atoms with Crippen LogP contribution in [-0.4, -0.2) is 37.6 Å². The van der Waals surface area contributed by atoms with Crippen molar-refractivity contribution < 1.29 is 4.79 Å². The molecule has 5 rings (SSSR count). The molecule has 0 saturated heterocycles. The molecule has 0 atom stereocenters. The van der Waals surface area contributed by atoms with E-state index in [9.17, 15) is 4.79 Å². The number of carbonyl (C=O) groups excluding carboxylic acids is 1. The molecule has 1 aromatic carbocycles. The van der Waals surface area contributed by atoms with Crippen LogP contribution in [0.25, 0.3) is 22.4 Å². The summed E-state index contributed by atoms with van der Waals surface area (Å²) in [5.41, 5.74) is 5.60. The third-order valence-corrected chi connectivity index (χ3v) is 6.14. The van der Waals surface area contributed by atoms with Gasteiger partial charge in [0.15, 0.2) is 0 Å². The smallest absolute Gasteiger partial charge is 0.254 e. The topological polar surface area (TPSA) is 63.9 Å². The highest BCUT2D eigenvalue weighted by molar-refractivity contribution is 5.99. The average molecular weight is 387 g/mol. The van der Waals surface area contributed by atoms with Crippen molar-refractivity contribution in [3.63, 3.8) is 0 Å². The minimum absolute atomic E-state index is 0.0702. The van der Waals surface area contributed by atoms with Crippen molar-refractivity contribution >= 4 is 5.91 Å². The van der Waals surface area contributed by atoms with Crippen LogP contribution in [0, 0.1) is 12.8 Å². The highest BCUT2D eigenvalue weighted by Gasteiger charge is 2.25. The zero-order valence-electron chi connectivity index (χ0n) is 16.9. The summed E-state index contributed by atoms with van der Waals surface area (Å²) in [7, 11) is 1.83. The molecule has 1 aliphatic heterocycles. The van der Waals surface area contributed by atoms with Crippen molar-refractivity contribution in [3.05, 3.63) is 53.7 Å². The molecule has 1 saturated carbocycles. The lowest BCUT2D eigenvalue weighted by Crippen LogP contribution is -2.17. The SMILES string of the molecule is Cc1ncc(-c2ccc3c(c2)C(=O)N(C)C3)c(-c2cnn(CC3CCCC3)c2)n1. The quantitative estimate of drug-likeness (QED) is 0.676. The largest absolute Gasteiger partial charge is 0.337 e. The van der Waals surface area contributed by atoms with Gasteiger partial charge in [0.05, 0.1) is 11.9 Å². The zero-order chi connectivity index (χ0) is 20.0. The molecule has 0 bridgehead atoms. The molecule has 0 spiro atoms. The normalized spacial score (nSPS) is 16.6. The predicted octanol–water partition coefficient (Wildman–Crippen LogP) is 4.09. The highest BCUT2D eigenvalue weighted by Crippen LogP contribution is 2.33. The lowest BCUT2D eigenvalue weighted by molar-refractivity contribution is 0.0816. The van der Waals surface area contributed by atoms with E-state index in [1.807, 2.05) is 43.2 Å². The number of hydrogen-bond donors (Lipinski definition) is 0. The molecule has 1 aliphatic carbocycles. The standard InChI is InChI=1S/C23H25N5O/c1-15-24-11-21(17-7-8-18-13-27(2)23(29)20(18)9-17)22(26-15)19-10-25-28(14-19)12-16-5-3-4-6-16/h7-11,14,16H,3-6,12-13H2,1-2H3. The third-order valence-electron chi connectivity index (χ3n) is 6.14. The number of carbonyl (C=O) groups is 1. The molecule has 0 radical (unpaired) electrons. The molecule has 6 heteroatoms. The number of fused-ring (bicyclic) bond motifs is 1. The van der Waals surface area contributed by atoms with E-state index in [-0.39, 0.29) is 5.91 Å². The number of aryl methyl sites for hydroxylation is 1. The number of nitrogens with zero attached hydrogens (tertiary/aromatic N) is 5. The Kier molecular flexibility index (Phi) is 4.42. The molecule has 29 heavy (non-hydrogen) atoms. The van der Waals surface area contributed by atoms with Gasteiger partial charge in [0.25, 0.3) is 5.91 Å². The highest BCUT2D eigenvalue weighted by atomic mass is 16.2. The molecular weight excluding hydrogens is 362 g/mol. The average Bonchev–Trinajstić information content (AvgIpc) is 3.45. The number of aromatic nitrogens is 4. The first-order chi connectivity index (χ1) is 14.1. The molecule has 3 heterocycles. The van der Waals surface area contributed by atoms with Gasteiger partial charge in [-0.2, -0.15) is 5.10 Å². The molecule has 1 amide bonds. The Morgan fingerprint density at radius 1 is 1.10 bits per heavy atom. The van der Waals surface area contributed by atoms with E-state index >= 15 is 0 Å². The summed E-state index contributed by atoms with van der Waals surface area (Å²) in [5, 5.41) is 4.60. The molecule has 2 aliphatic rings. The van der Waals surface area contributed by atoms with Gasteiger partial charge in [-0.25, -0.2) is 9.97 Å². The van der Waals surface area contributed by atoms with Crippen LogP contribution in [0.1, 0.15) is 47.4 Å². The van der Waals surface area contributed by atoms with Crippen LogP contribution in [-0.2, 0) is 13.1 Å². The fourth-order valence-corrected chi connectivity index (χ4v) is 4.56. The molecule has 2 aromatic heterocycles. The molecule has 0 N–H and O–H groups in total. The predicted molar refractivity (Wildman–Crippen MR) is 111 cm³/mol. The lowest BCUT2D eigenvalue weighted by atomic mass is 9.98. The Balaban J connectivity index is 1.52. The van der Waals surface area contributed by atoms with Crippen molar-refractivity contribution in [2.24, 2.45) is 5.92 Å². The maximum atomic E-state index is 12.4. The fourth-order valence-electron chi connectivity index (χ4n) is 4.56. The molecule has 6 nitrogen and oxygen atoms in total. The lowest BCUT2D eigenvalue weighted by Gasteiger charge is -2.10. The summed E-state index contributed by atoms with van der Waals surface area (Å²) >= 11 is 0. The Labute approximate surface area is 170 Å². The maximum absolute atomic E-state index is 12.4. The fraction of sp³-hybridized carbons (Fsp3) is 0.391. The Morgan fingerprint density at radius 2 is 1.93 bits per heavy atom. The molecule has 148 valence electrons. The van der Waals surface area contributed by atoms with Gasteiger partial charge >= 0.3 is 0 Å². The van der Waals surface area contributed by atoms with E-state index in [4.69, 9.17) is 4.98 Å². The third kappa shape index (κ3) is 3.33. The van der Waals surface area contributed by atoms with Gasteiger partial charge < -0.3 is 4.90 Å². The van der Waals surface area contributed by atoms with Crippen LogP contribution in [0.4, 0.5) is 0 Å². The van der Waals surface area contributed by atoms with E-state index in [0.717, 1.165) is 51.8 Å². The van der Waals surface area contributed by atoms with E-state index in [1.165, 1.54) is 25.7 Å². The number of benzene rings is 1. The van der Waals surface area contributed by atoms with E-state index in [1.54, 1.807) is 4.90 Å². The van der Waals surface area contributed by atoms with Crippen molar-refractivity contribution in [3.8, 4) is 22.4 Å². The number of hydrogen-bond acceptors (Lipinski definition) is 4. The first kappa shape index (κ1) is 18.0. The number of amides is 1. The van der Waals surface area contributed by atoms with Gasteiger partial charge in [0, 0.05) is 49.2 Å². The van der Waals surface area contributed by atoms with Gasteiger partial charge in [-0.1, -0.05) is 25.0 Å². The van der Waals surface area contributed by atoms with Gasteiger partial charge in [-0.05, 0) is 42.9 Å². The second kappa shape index (κ2) is 7.10. The summed E-state index contributed by atoms with van der Waals surface area (Å²) in [5.74, 6) is 1.53. The van der Waals surface area contributed by atoms with Crippen LogP contribution in [0.3, 0.4) is 0 Å². The van der Waals surface area contributed by atoms with Crippen LogP contribution < -0.4 is 0 Å². The van der Waals surface area contributed by atoms with Crippen molar-refractivity contribution in [2.45, 2.75) is 45.7 Å². The number of rotatable bonds is 4. The molecule has 1 fully saturated rings. The summed E-state index contributed by atoms with van der Waals surface area (Å²) in [6.45, 7) is 3.54. The van der Waals surface area contributed by atoms with Crippen LogP contribution in [0.5, 0.6) is 0 Å². The monoisotopic (exact) mass is 387 g/mol. The molecule has 3 aromatic rings. The van der Waals surface area contributed by atoms with Gasteiger partial charge in [0.2, 0.25) is 0 Å². The van der Waals surface area contributed by atoms with Crippen molar-refractivity contribution in [1.82, 2.24) is 24.6 Å². The van der Waals surface area contributed by atoms with Gasteiger partial charge in [-0.3, -0.25) is 9.48 Å². The Bertz CT molecular complexity index is 1080. The first-order valence-corrected chi connectivity index (χ1v) is 10.3. The van der Waals surface area contributed by atoms with Crippen LogP contribution >= 0.6 is 0 Å². The van der Waals surface area contributed by atoms with Crippen molar-refractivity contribution in [2.75, 3.05) is 7.05 Å².